The molecule has 0 unspecified atom stereocenters. The fraction of sp³-hybridized carbons (Fsp3) is 0.625. The summed E-state index contributed by atoms with van der Waals surface area (Å²) in [5.41, 5.74) is 1.19. The van der Waals surface area contributed by atoms with Crippen molar-refractivity contribution >= 4 is 11.3 Å². The smallest absolute Gasteiger partial charge is 0.0897 e. The van der Waals surface area contributed by atoms with E-state index in [1.807, 2.05) is 6.92 Å². The molecule has 60 valence electrons. The first-order valence-electron chi connectivity index (χ1n) is 3.84. The highest BCUT2D eigenvalue weighted by Gasteiger charge is 2.39. The van der Waals surface area contributed by atoms with Gasteiger partial charge in [0, 0.05) is 17.9 Å². The average Bonchev–Trinajstić information content (AvgIpc) is 2.68. The molecule has 1 saturated carbocycles. The lowest BCUT2D eigenvalue weighted by Gasteiger charge is -1.89. The molecule has 0 saturated heterocycles. The first kappa shape index (κ1) is 7.25. The van der Waals surface area contributed by atoms with E-state index in [4.69, 9.17) is 5.11 Å². The van der Waals surface area contributed by atoms with E-state index in [1.165, 1.54) is 5.69 Å². The van der Waals surface area contributed by atoms with E-state index < -0.39 is 0 Å². The largest absolute Gasteiger partial charge is 0.396 e. The Hall–Kier alpha value is -0.410. The molecule has 1 aliphatic rings. The molecule has 1 fully saturated rings. The van der Waals surface area contributed by atoms with Crippen LogP contribution in [0, 0.1) is 12.8 Å². The van der Waals surface area contributed by atoms with Gasteiger partial charge in [-0.2, -0.15) is 0 Å². The zero-order valence-electron chi connectivity index (χ0n) is 6.45. The number of rotatable bonds is 2. The molecule has 0 aliphatic heterocycles. The van der Waals surface area contributed by atoms with Gasteiger partial charge in [-0.3, -0.25) is 0 Å². The van der Waals surface area contributed by atoms with Crippen LogP contribution >= 0.6 is 11.3 Å². The van der Waals surface area contributed by atoms with Gasteiger partial charge in [0.15, 0.2) is 0 Å². The maximum Gasteiger partial charge on any atom is 0.0897 e. The second kappa shape index (κ2) is 2.57. The van der Waals surface area contributed by atoms with E-state index in [0.29, 0.717) is 18.4 Å². The van der Waals surface area contributed by atoms with Crippen LogP contribution in [0.1, 0.15) is 23.0 Å². The molecule has 0 spiro atoms. The molecule has 11 heavy (non-hydrogen) atoms. The minimum absolute atomic E-state index is 0.321. The zero-order chi connectivity index (χ0) is 7.84. The van der Waals surface area contributed by atoms with Crippen LogP contribution in [0.15, 0.2) is 5.38 Å². The van der Waals surface area contributed by atoms with E-state index in [0.717, 1.165) is 11.4 Å². The maximum atomic E-state index is 8.82. The Morgan fingerprint density at radius 3 is 3.09 bits per heavy atom. The second-order valence-corrected chi connectivity index (χ2v) is 4.14. The van der Waals surface area contributed by atoms with Gasteiger partial charge < -0.3 is 5.11 Å². The van der Waals surface area contributed by atoms with Crippen LogP contribution in [0.2, 0.25) is 0 Å². The summed E-state index contributed by atoms with van der Waals surface area (Å²) in [7, 11) is 0. The van der Waals surface area contributed by atoms with Crippen LogP contribution < -0.4 is 0 Å². The molecule has 1 aromatic rings. The third kappa shape index (κ3) is 1.30. The summed E-state index contributed by atoms with van der Waals surface area (Å²) in [6.45, 7) is 2.34. The van der Waals surface area contributed by atoms with Crippen LogP contribution in [-0.2, 0) is 0 Å². The highest BCUT2D eigenvalue weighted by Crippen LogP contribution is 2.46. The molecule has 0 radical (unpaired) electrons. The summed E-state index contributed by atoms with van der Waals surface area (Å²) in [5, 5.41) is 12.1. The Morgan fingerprint density at radius 1 is 1.82 bits per heavy atom. The highest BCUT2D eigenvalue weighted by atomic mass is 32.1. The fourth-order valence-corrected chi connectivity index (χ4v) is 2.04. The molecule has 0 aromatic carbocycles. The predicted molar refractivity (Wildman–Crippen MR) is 44.8 cm³/mol. The predicted octanol–water partition coefficient (Wildman–Crippen LogP) is 1.55. The zero-order valence-corrected chi connectivity index (χ0v) is 7.27. The number of thiazole rings is 1. The number of aliphatic hydroxyl groups excluding tert-OH is 1. The molecule has 2 rings (SSSR count). The summed E-state index contributed by atoms with van der Waals surface area (Å²) in [6, 6.07) is 0. The van der Waals surface area contributed by atoms with Gasteiger partial charge in [-0.05, 0) is 19.3 Å². The quantitative estimate of drug-likeness (QED) is 0.728. The van der Waals surface area contributed by atoms with Crippen LogP contribution in [0.3, 0.4) is 0 Å². The second-order valence-electron chi connectivity index (χ2n) is 3.08. The van der Waals surface area contributed by atoms with Crippen molar-refractivity contribution in [1.29, 1.82) is 0 Å². The van der Waals surface area contributed by atoms with Crippen LogP contribution in [0.25, 0.3) is 0 Å². The highest BCUT2D eigenvalue weighted by molar-refractivity contribution is 7.09. The lowest BCUT2D eigenvalue weighted by atomic mass is 10.3. The Labute approximate surface area is 69.9 Å². The van der Waals surface area contributed by atoms with E-state index in [2.05, 4.69) is 10.4 Å². The Morgan fingerprint density at radius 2 is 2.64 bits per heavy atom. The molecule has 0 bridgehead atoms. The van der Waals surface area contributed by atoms with Crippen molar-refractivity contribution in [2.45, 2.75) is 19.3 Å². The monoisotopic (exact) mass is 169 g/mol. The number of aromatic nitrogens is 1. The topological polar surface area (TPSA) is 33.1 Å². The van der Waals surface area contributed by atoms with E-state index in [-0.39, 0.29) is 0 Å². The van der Waals surface area contributed by atoms with Crippen LogP contribution in [0.5, 0.6) is 0 Å². The van der Waals surface area contributed by atoms with Gasteiger partial charge in [0.2, 0.25) is 0 Å². The molecular weight excluding hydrogens is 158 g/mol. The molecule has 1 N–H and O–H groups in total. The van der Waals surface area contributed by atoms with E-state index in [9.17, 15) is 0 Å². The number of aliphatic hydroxyl groups is 1. The first-order valence-corrected chi connectivity index (χ1v) is 4.72. The maximum absolute atomic E-state index is 8.82. The van der Waals surface area contributed by atoms with Gasteiger partial charge in [-0.15, -0.1) is 11.3 Å². The molecule has 1 aromatic heterocycles. The van der Waals surface area contributed by atoms with Crippen molar-refractivity contribution in [3.05, 3.63) is 16.1 Å². The minimum atomic E-state index is 0.321. The summed E-state index contributed by atoms with van der Waals surface area (Å²) >= 11 is 1.69. The fourth-order valence-electron chi connectivity index (χ4n) is 1.36. The van der Waals surface area contributed by atoms with Crippen molar-refractivity contribution in [2.24, 2.45) is 5.92 Å². The van der Waals surface area contributed by atoms with Crippen molar-refractivity contribution in [1.82, 2.24) is 4.98 Å². The summed E-state index contributed by atoms with van der Waals surface area (Å²) < 4.78 is 0. The standard InChI is InChI=1S/C8H11NOS/c1-5-9-8(4-11-5)7-2-6(7)3-10/h4,6-7,10H,2-3H2,1H3/t6-,7+/m1/s1. The summed E-state index contributed by atoms with van der Waals surface area (Å²) in [4.78, 5) is 4.38. The SMILES string of the molecule is Cc1nc([C@H]2C[C@@H]2CO)cs1. The Balaban J connectivity index is 2.08. The van der Waals surface area contributed by atoms with Crippen LogP contribution in [0.4, 0.5) is 0 Å². The van der Waals surface area contributed by atoms with Gasteiger partial charge >= 0.3 is 0 Å². The van der Waals surface area contributed by atoms with Crippen molar-refractivity contribution in [2.75, 3.05) is 6.61 Å². The third-order valence-corrected chi connectivity index (χ3v) is 2.97. The van der Waals surface area contributed by atoms with Gasteiger partial charge in [-0.25, -0.2) is 4.98 Å². The summed E-state index contributed by atoms with van der Waals surface area (Å²) in [6.07, 6.45) is 1.12. The third-order valence-electron chi connectivity index (χ3n) is 2.17. The van der Waals surface area contributed by atoms with Crippen molar-refractivity contribution in [3.8, 4) is 0 Å². The number of nitrogens with zero attached hydrogens (tertiary/aromatic N) is 1. The van der Waals surface area contributed by atoms with Gasteiger partial charge in [0.1, 0.15) is 0 Å². The van der Waals surface area contributed by atoms with Crippen molar-refractivity contribution < 1.29 is 5.11 Å². The van der Waals surface area contributed by atoms with E-state index in [1.54, 1.807) is 11.3 Å². The molecule has 2 nitrogen and oxygen atoms in total. The van der Waals surface area contributed by atoms with Crippen LogP contribution in [-0.4, -0.2) is 16.7 Å². The summed E-state index contributed by atoms with van der Waals surface area (Å²) in [5.74, 6) is 1.06. The number of hydrogen-bond donors (Lipinski definition) is 1. The average molecular weight is 169 g/mol. The lowest BCUT2D eigenvalue weighted by molar-refractivity contribution is 0.273. The molecule has 0 amide bonds. The minimum Gasteiger partial charge on any atom is -0.396 e. The normalized spacial score (nSPS) is 28.9. The Kier molecular flexibility index (Phi) is 1.69. The first-order chi connectivity index (χ1) is 5.31. The van der Waals surface area contributed by atoms with Gasteiger partial charge in [0.05, 0.1) is 10.7 Å². The molecule has 2 atom stereocenters. The molecule has 1 heterocycles. The number of hydrogen-bond acceptors (Lipinski definition) is 3. The van der Waals surface area contributed by atoms with Gasteiger partial charge in [0.25, 0.3) is 0 Å². The van der Waals surface area contributed by atoms with Gasteiger partial charge in [-0.1, -0.05) is 0 Å². The molecule has 1 aliphatic carbocycles. The lowest BCUT2D eigenvalue weighted by Crippen LogP contribution is -1.88. The Bertz CT molecular complexity index is 258. The number of aryl methyl sites for hydroxylation is 1. The van der Waals surface area contributed by atoms with Crippen molar-refractivity contribution in [3.63, 3.8) is 0 Å². The van der Waals surface area contributed by atoms with E-state index >= 15 is 0 Å². The molecular formula is C8H11NOS. The molecule has 3 heteroatoms.